The molecule has 128 valence electrons. The minimum atomic E-state index is -0.0237. The van der Waals surface area contributed by atoms with Crippen LogP contribution in [-0.4, -0.2) is 16.1 Å². The van der Waals surface area contributed by atoms with Crippen molar-refractivity contribution in [3.05, 3.63) is 67.0 Å². The highest BCUT2D eigenvalue weighted by atomic mass is 16.5. The summed E-state index contributed by atoms with van der Waals surface area (Å²) in [6.07, 6.45) is 1.41. The SMILES string of the molecule is CC(C)Oc1ncnc(NN(c2ccccc2)c2ccccc2)c1N. The van der Waals surface area contributed by atoms with Gasteiger partial charge in [-0.05, 0) is 38.1 Å². The molecule has 25 heavy (non-hydrogen) atoms. The van der Waals surface area contributed by atoms with Crippen LogP contribution in [0, 0.1) is 0 Å². The molecule has 0 aliphatic rings. The molecule has 1 aromatic heterocycles. The number of nitrogens with one attached hydrogen (secondary N) is 1. The molecule has 1 heterocycles. The first-order valence-electron chi connectivity index (χ1n) is 8.09. The Hall–Kier alpha value is -3.28. The fourth-order valence-corrected chi connectivity index (χ4v) is 2.32. The first kappa shape index (κ1) is 16.6. The average molecular weight is 335 g/mol. The molecule has 0 saturated heterocycles. The van der Waals surface area contributed by atoms with Gasteiger partial charge in [0.25, 0.3) is 0 Å². The number of nitrogens with two attached hydrogens (primary N) is 1. The fourth-order valence-electron chi connectivity index (χ4n) is 2.32. The van der Waals surface area contributed by atoms with Gasteiger partial charge in [0.2, 0.25) is 5.88 Å². The summed E-state index contributed by atoms with van der Waals surface area (Å²) in [6.45, 7) is 3.85. The molecule has 0 atom stereocenters. The van der Waals surface area contributed by atoms with Gasteiger partial charge in [0.05, 0.1) is 17.5 Å². The lowest BCUT2D eigenvalue weighted by Crippen LogP contribution is -2.26. The number of hydrogen-bond donors (Lipinski definition) is 2. The Bertz CT molecular complexity index is 769. The summed E-state index contributed by atoms with van der Waals surface area (Å²) in [4.78, 5) is 8.38. The number of hydrogen-bond acceptors (Lipinski definition) is 6. The standard InChI is InChI=1S/C19H21N5O/c1-14(2)25-19-17(20)18(21-13-22-19)23-24(15-9-5-3-6-10-15)16-11-7-4-8-12-16/h3-14H,20H2,1-2H3,(H,21,22,23). The van der Waals surface area contributed by atoms with Gasteiger partial charge in [0.15, 0.2) is 5.82 Å². The van der Waals surface area contributed by atoms with Crippen molar-refractivity contribution in [3.63, 3.8) is 0 Å². The summed E-state index contributed by atoms with van der Waals surface area (Å²) in [5.41, 5.74) is 11.7. The van der Waals surface area contributed by atoms with Crippen LogP contribution in [-0.2, 0) is 0 Å². The Balaban J connectivity index is 1.97. The Morgan fingerprint density at radius 2 is 1.48 bits per heavy atom. The van der Waals surface area contributed by atoms with Crippen molar-refractivity contribution in [2.45, 2.75) is 20.0 Å². The quantitative estimate of drug-likeness (QED) is 0.663. The first-order chi connectivity index (χ1) is 12.1. The van der Waals surface area contributed by atoms with Crippen LogP contribution in [0.15, 0.2) is 67.0 Å². The lowest BCUT2D eigenvalue weighted by Gasteiger charge is -2.26. The van der Waals surface area contributed by atoms with Gasteiger partial charge < -0.3 is 10.5 Å². The second-order valence-electron chi connectivity index (χ2n) is 5.73. The number of aromatic nitrogens is 2. The van der Waals surface area contributed by atoms with E-state index in [4.69, 9.17) is 10.5 Å². The summed E-state index contributed by atoms with van der Waals surface area (Å²) in [5, 5.41) is 1.91. The van der Waals surface area contributed by atoms with Gasteiger partial charge >= 0.3 is 0 Å². The molecule has 3 aromatic rings. The predicted molar refractivity (Wildman–Crippen MR) is 101 cm³/mol. The van der Waals surface area contributed by atoms with E-state index >= 15 is 0 Å². The Kier molecular flexibility index (Phi) is 4.99. The Morgan fingerprint density at radius 3 is 2.00 bits per heavy atom. The zero-order chi connectivity index (χ0) is 17.6. The Labute approximate surface area is 147 Å². The molecule has 0 bridgehead atoms. The first-order valence-corrected chi connectivity index (χ1v) is 8.09. The molecule has 0 fully saturated rings. The molecule has 0 aliphatic heterocycles. The smallest absolute Gasteiger partial charge is 0.242 e. The monoisotopic (exact) mass is 335 g/mol. The van der Waals surface area contributed by atoms with E-state index in [0.717, 1.165) is 11.4 Å². The number of rotatable bonds is 6. The summed E-state index contributed by atoms with van der Waals surface area (Å²) in [7, 11) is 0. The van der Waals surface area contributed by atoms with Gasteiger partial charge in [0.1, 0.15) is 12.0 Å². The van der Waals surface area contributed by atoms with Crippen LogP contribution in [0.5, 0.6) is 5.88 Å². The fraction of sp³-hybridized carbons (Fsp3) is 0.158. The average Bonchev–Trinajstić information content (AvgIpc) is 2.63. The second kappa shape index (κ2) is 7.53. The van der Waals surface area contributed by atoms with Crippen molar-refractivity contribution in [1.29, 1.82) is 0 Å². The molecule has 0 unspecified atom stereocenters. The zero-order valence-corrected chi connectivity index (χ0v) is 14.3. The maximum absolute atomic E-state index is 6.20. The third-order valence-electron chi connectivity index (χ3n) is 3.44. The minimum Gasteiger partial charge on any atom is -0.473 e. The number of para-hydroxylation sites is 2. The molecule has 0 spiro atoms. The molecule has 0 radical (unpaired) electrons. The van der Waals surface area contributed by atoms with E-state index in [1.54, 1.807) is 0 Å². The summed E-state index contributed by atoms with van der Waals surface area (Å²) in [5.74, 6) is 0.854. The molecule has 6 heteroatoms. The van der Waals surface area contributed by atoms with Crippen LogP contribution in [0.2, 0.25) is 0 Å². The van der Waals surface area contributed by atoms with E-state index in [1.165, 1.54) is 6.33 Å². The van der Waals surface area contributed by atoms with Crippen molar-refractivity contribution < 1.29 is 4.74 Å². The van der Waals surface area contributed by atoms with Crippen molar-refractivity contribution in [2.75, 3.05) is 16.2 Å². The number of ether oxygens (including phenoxy) is 1. The third-order valence-corrected chi connectivity index (χ3v) is 3.44. The molecule has 6 nitrogen and oxygen atoms in total. The third kappa shape index (κ3) is 3.98. The van der Waals surface area contributed by atoms with Gasteiger partial charge in [0, 0.05) is 0 Å². The normalized spacial score (nSPS) is 10.5. The highest BCUT2D eigenvalue weighted by Gasteiger charge is 2.15. The van der Waals surface area contributed by atoms with Crippen LogP contribution in [0.25, 0.3) is 0 Å². The van der Waals surface area contributed by atoms with E-state index in [0.29, 0.717) is 17.4 Å². The van der Waals surface area contributed by atoms with Crippen molar-refractivity contribution >= 4 is 22.9 Å². The summed E-state index contributed by atoms with van der Waals surface area (Å²) < 4.78 is 5.64. The van der Waals surface area contributed by atoms with Gasteiger partial charge in [-0.15, -0.1) is 0 Å². The molecular weight excluding hydrogens is 314 g/mol. The topological polar surface area (TPSA) is 76.3 Å². The van der Waals surface area contributed by atoms with Gasteiger partial charge in [-0.1, -0.05) is 36.4 Å². The van der Waals surface area contributed by atoms with Gasteiger partial charge in [-0.3, -0.25) is 10.4 Å². The van der Waals surface area contributed by atoms with Gasteiger partial charge in [-0.2, -0.15) is 4.98 Å². The number of nitrogens with zero attached hydrogens (tertiary/aromatic N) is 3. The molecule has 0 aliphatic carbocycles. The number of hydrazine groups is 1. The molecular formula is C19H21N5O. The maximum Gasteiger partial charge on any atom is 0.242 e. The summed E-state index contributed by atoms with van der Waals surface area (Å²) >= 11 is 0. The molecule has 2 aromatic carbocycles. The molecule has 0 saturated carbocycles. The van der Waals surface area contributed by atoms with E-state index in [1.807, 2.05) is 79.5 Å². The van der Waals surface area contributed by atoms with Crippen LogP contribution < -0.4 is 20.9 Å². The van der Waals surface area contributed by atoms with Crippen LogP contribution in [0.1, 0.15) is 13.8 Å². The largest absolute Gasteiger partial charge is 0.473 e. The van der Waals surface area contributed by atoms with Crippen LogP contribution in [0.3, 0.4) is 0 Å². The summed E-state index contributed by atoms with van der Waals surface area (Å²) in [6, 6.07) is 19.9. The molecule has 3 rings (SSSR count). The van der Waals surface area contributed by atoms with Crippen LogP contribution in [0.4, 0.5) is 22.9 Å². The number of anilines is 4. The molecule has 3 N–H and O–H groups in total. The van der Waals surface area contributed by atoms with Crippen molar-refractivity contribution in [3.8, 4) is 5.88 Å². The predicted octanol–water partition coefficient (Wildman–Crippen LogP) is 4.01. The van der Waals surface area contributed by atoms with Crippen molar-refractivity contribution in [2.24, 2.45) is 0 Å². The van der Waals surface area contributed by atoms with Crippen LogP contribution >= 0.6 is 0 Å². The van der Waals surface area contributed by atoms with Gasteiger partial charge in [-0.25, -0.2) is 4.98 Å². The number of nitrogen functional groups attached to an aromatic ring is 1. The highest BCUT2D eigenvalue weighted by molar-refractivity contribution is 5.73. The lowest BCUT2D eigenvalue weighted by atomic mass is 10.2. The van der Waals surface area contributed by atoms with E-state index in [9.17, 15) is 0 Å². The van der Waals surface area contributed by atoms with Crippen molar-refractivity contribution in [1.82, 2.24) is 9.97 Å². The lowest BCUT2D eigenvalue weighted by molar-refractivity contribution is 0.234. The maximum atomic E-state index is 6.20. The van der Waals surface area contributed by atoms with E-state index in [2.05, 4.69) is 15.4 Å². The second-order valence-corrected chi connectivity index (χ2v) is 5.73. The van der Waals surface area contributed by atoms with E-state index in [-0.39, 0.29) is 6.10 Å². The Morgan fingerprint density at radius 1 is 0.920 bits per heavy atom. The highest BCUT2D eigenvalue weighted by Crippen LogP contribution is 2.30. The minimum absolute atomic E-state index is 0.0237. The zero-order valence-electron chi connectivity index (χ0n) is 14.3. The number of benzene rings is 2. The molecule has 0 amide bonds. The van der Waals surface area contributed by atoms with E-state index < -0.39 is 0 Å².